The fourth-order valence-corrected chi connectivity index (χ4v) is 1.56. The normalized spacial score (nSPS) is 9.72. The summed E-state index contributed by atoms with van der Waals surface area (Å²) in [5, 5.41) is 0. The van der Waals surface area contributed by atoms with E-state index in [0.29, 0.717) is 11.5 Å². The molecule has 98 valence electrons. The molecule has 0 atom stereocenters. The molecule has 6 nitrogen and oxygen atoms in total. The van der Waals surface area contributed by atoms with Crippen molar-refractivity contribution in [1.82, 2.24) is 4.90 Å². The summed E-state index contributed by atoms with van der Waals surface area (Å²) in [7, 11) is 4.40. The van der Waals surface area contributed by atoms with Gasteiger partial charge in [-0.2, -0.15) is 0 Å². The van der Waals surface area contributed by atoms with Gasteiger partial charge in [-0.3, -0.25) is 9.59 Å². The van der Waals surface area contributed by atoms with Crippen molar-refractivity contribution in [1.29, 1.82) is 0 Å². The molecular weight excluding hydrogens is 236 g/mol. The Hall–Kier alpha value is -2.24. The van der Waals surface area contributed by atoms with Crippen LogP contribution in [-0.4, -0.2) is 44.5 Å². The highest BCUT2D eigenvalue weighted by molar-refractivity contribution is 6.01. The molecule has 0 bridgehead atoms. The fraction of sp³-hybridized carbons (Fsp3) is 0.333. The Morgan fingerprint density at radius 2 is 1.72 bits per heavy atom. The van der Waals surface area contributed by atoms with Crippen LogP contribution >= 0.6 is 0 Å². The van der Waals surface area contributed by atoms with Gasteiger partial charge in [0, 0.05) is 7.05 Å². The van der Waals surface area contributed by atoms with Gasteiger partial charge in [0.25, 0.3) is 5.91 Å². The van der Waals surface area contributed by atoms with Gasteiger partial charge in [0.05, 0.1) is 20.8 Å². The van der Waals surface area contributed by atoms with Crippen LogP contribution in [0.2, 0.25) is 0 Å². The number of hydrogen-bond acceptors (Lipinski definition) is 4. The molecule has 0 spiro atoms. The predicted octanol–water partition coefficient (Wildman–Crippen LogP) is 0.261. The van der Waals surface area contributed by atoms with Crippen molar-refractivity contribution in [3.63, 3.8) is 0 Å². The van der Waals surface area contributed by atoms with E-state index < -0.39 is 5.91 Å². The van der Waals surface area contributed by atoms with E-state index in [1.165, 1.54) is 26.2 Å². The van der Waals surface area contributed by atoms with Gasteiger partial charge in [-0.15, -0.1) is 0 Å². The Labute approximate surface area is 105 Å². The van der Waals surface area contributed by atoms with E-state index in [2.05, 4.69) is 0 Å². The second kappa shape index (κ2) is 5.90. The van der Waals surface area contributed by atoms with Crippen LogP contribution in [0.5, 0.6) is 11.5 Å². The summed E-state index contributed by atoms with van der Waals surface area (Å²) in [6, 6.07) is 5.00. The molecule has 0 aliphatic carbocycles. The predicted molar refractivity (Wildman–Crippen MR) is 65.7 cm³/mol. The topological polar surface area (TPSA) is 81.9 Å². The Bertz CT molecular complexity index is 437. The summed E-state index contributed by atoms with van der Waals surface area (Å²) in [6.45, 7) is -0.167. The third-order valence-corrected chi connectivity index (χ3v) is 2.38. The molecule has 18 heavy (non-hydrogen) atoms. The minimum Gasteiger partial charge on any atom is -0.496 e. The Morgan fingerprint density at radius 3 is 2.11 bits per heavy atom. The summed E-state index contributed by atoms with van der Waals surface area (Å²) in [4.78, 5) is 24.2. The van der Waals surface area contributed by atoms with Crippen LogP contribution in [0.4, 0.5) is 0 Å². The number of ether oxygens (including phenoxy) is 2. The Balaban J connectivity index is 3.14. The van der Waals surface area contributed by atoms with Crippen LogP contribution in [0.15, 0.2) is 18.2 Å². The van der Waals surface area contributed by atoms with Crippen molar-refractivity contribution < 1.29 is 19.1 Å². The second-order valence-corrected chi connectivity index (χ2v) is 3.67. The third-order valence-electron chi connectivity index (χ3n) is 2.38. The van der Waals surface area contributed by atoms with Crippen molar-refractivity contribution in [3.05, 3.63) is 23.8 Å². The maximum Gasteiger partial charge on any atom is 0.261 e. The molecule has 0 aromatic heterocycles. The average molecular weight is 252 g/mol. The number of likely N-dealkylation sites (N-methyl/N-ethyl adjacent to an activating group) is 1. The van der Waals surface area contributed by atoms with E-state index in [0.717, 1.165) is 0 Å². The molecule has 2 N–H and O–H groups in total. The van der Waals surface area contributed by atoms with Crippen molar-refractivity contribution in [2.45, 2.75) is 0 Å². The number of hydrogen-bond donors (Lipinski definition) is 1. The molecule has 0 fully saturated rings. The van der Waals surface area contributed by atoms with E-state index >= 15 is 0 Å². The summed E-state index contributed by atoms with van der Waals surface area (Å²) in [5.74, 6) is -0.200. The summed E-state index contributed by atoms with van der Waals surface area (Å²) >= 11 is 0. The number of carbonyl (C=O) groups is 2. The van der Waals surface area contributed by atoms with Crippen LogP contribution < -0.4 is 15.2 Å². The molecule has 1 rings (SSSR count). The number of amides is 2. The van der Waals surface area contributed by atoms with Crippen LogP contribution in [-0.2, 0) is 4.79 Å². The van der Waals surface area contributed by atoms with Gasteiger partial charge in [-0.05, 0) is 12.1 Å². The summed E-state index contributed by atoms with van der Waals surface area (Å²) in [6.07, 6.45) is 0. The van der Waals surface area contributed by atoms with Crippen LogP contribution in [0.3, 0.4) is 0 Å². The minimum absolute atomic E-state index is 0.167. The lowest BCUT2D eigenvalue weighted by Crippen LogP contribution is -2.35. The first kappa shape index (κ1) is 13.8. The van der Waals surface area contributed by atoms with Crippen LogP contribution in [0, 0.1) is 0 Å². The SMILES string of the molecule is COc1cccc(OC)c1C(=O)N(C)CC(N)=O. The van der Waals surface area contributed by atoms with Gasteiger partial charge in [0.1, 0.15) is 17.1 Å². The maximum atomic E-state index is 12.2. The quantitative estimate of drug-likeness (QED) is 0.815. The van der Waals surface area contributed by atoms with E-state index in [9.17, 15) is 9.59 Å². The number of methoxy groups -OCH3 is 2. The van der Waals surface area contributed by atoms with Crippen molar-refractivity contribution >= 4 is 11.8 Å². The molecule has 6 heteroatoms. The summed E-state index contributed by atoms with van der Waals surface area (Å²) < 4.78 is 10.2. The minimum atomic E-state index is -0.584. The van der Waals surface area contributed by atoms with E-state index in [1.54, 1.807) is 18.2 Å². The standard InChI is InChI=1S/C12H16N2O4/c1-14(7-10(13)15)12(16)11-8(17-2)5-4-6-9(11)18-3/h4-6H,7H2,1-3H3,(H2,13,15). The smallest absolute Gasteiger partial charge is 0.261 e. The van der Waals surface area contributed by atoms with E-state index in [4.69, 9.17) is 15.2 Å². The largest absolute Gasteiger partial charge is 0.496 e. The van der Waals surface area contributed by atoms with Crippen molar-refractivity contribution in [2.24, 2.45) is 5.73 Å². The average Bonchev–Trinajstić information content (AvgIpc) is 2.35. The third kappa shape index (κ3) is 2.91. The summed E-state index contributed by atoms with van der Waals surface area (Å²) in [5.41, 5.74) is 5.32. The number of nitrogens with zero attached hydrogens (tertiary/aromatic N) is 1. The Morgan fingerprint density at radius 1 is 1.22 bits per heavy atom. The molecule has 0 aliphatic rings. The van der Waals surface area contributed by atoms with Gasteiger partial charge in [0.2, 0.25) is 5.91 Å². The lowest BCUT2D eigenvalue weighted by Gasteiger charge is -2.18. The molecule has 0 radical (unpaired) electrons. The molecule has 2 amide bonds. The molecular formula is C12H16N2O4. The lowest BCUT2D eigenvalue weighted by molar-refractivity contribution is -0.118. The molecule has 0 saturated carbocycles. The molecule has 0 unspecified atom stereocenters. The van der Waals surface area contributed by atoms with Gasteiger partial charge >= 0.3 is 0 Å². The number of carbonyl (C=O) groups excluding carboxylic acids is 2. The van der Waals surface area contributed by atoms with Crippen molar-refractivity contribution in [3.8, 4) is 11.5 Å². The van der Waals surface area contributed by atoms with Crippen LogP contribution in [0.1, 0.15) is 10.4 Å². The molecule has 0 aliphatic heterocycles. The van der Waals surface area contributed by atoms with Gasteiger partial charge < -0.3 is 20.1 Å². The first-order chi connectivity index (χ1) is 8.51. The highest BCUT2D eigenvalue weighted by atomic mass is 16.5. The first-order valence-corrected chi connectivity index (χ1v) is 5.26. The van der Waals surface area contributed by atoms with Crippen LogP contribution in [0.25, 0.3) is 0 Å². The van der Waals surface area contributed by atoms with E-state index in [1.807, 2.05) is 0 Å². The zero-order valence-electron chi connectivity index (χ0n) is 10.6. The monoisotopic (exact) mass is 252 g/mol. The van der Waals surface area contributed by atoms with Crippen molar-refractivity contribution in [2.75, 3.05) is 27.8 Å². The zero-order valence-corrected chi connectivity index (χ0v) is 10.6. The van der Waals surface area contributed by atoms with Gasteiger partial charge in [-0.25, -0.2) is 0 Å². The highest BCUT2D eigenvalue weighted by Gasteiger charge is 2.22. The van der Waals surface area contributed by atoms with Gasteiger partial charge in [0.15, 0.2) is 0 Å². The lowest BCUT2D eigenvalue weighted by atomic mass is 10.1. The number of nitrogens with two attached hydrogens (primary N) is 1. The molecule has 1 aromatic carbocycles. The maximum absolute atomic E-state index is 12.2. The zero-order chi connectivity index (χ0) is 13.7. The second-order valence-electron chi connectivity index (χ2n) is 3.67. The fourth-order valence-electron chi connectivity index (χ4n) is 1.56. The molecule has 1 aromatic rings. The first-order valence-electron chi connectivity index (χ1n) is 5.26. The van der Waals surface area contributed by atoms with E-state index in [-0.39, 0.29) is 18.0 Å². The highest BCUT2D eigenvalue weighted by Crippen LogP contribution is 2.29. The Kier molecular flexibility index (Phi) is 4.53. The number of benzene rings is 1. The number of rotatable bonds is 5. The number of primary amides is 1. The van der Waals surface area contributed by atoms with Gasteiger partial charge in [-0.1, -0.05) is 6.07 Å². The molecule has 0 saturated heterocycles. The molecule has 0 heterocycles.